The molecule has 1 atom stereocenters. The van der Waals surface area contributed by atoms with Gasteiger partial charge in [-0.25, -0.2) is 0 Å². The standard InChI is InChI=1S/C14H29NO3S/c1-6-18-13(16)14(4,15-12(2)3)8-7-10-19-11-9-17-5/h12,15H,6-11H2,1-5H3. The van der Waals surface area contributed by atoms with Gasteiger partial charge < -0.3 is 9.47 Å². The fourth-order valence-corrected chi connectivity index (χ4v) is 2.77. The van der Waals surface area contributed by atoms with E-state index in [-0.39, 0.29) is 12.0 Å². The molecule has 114 valence electrons. The number of hydrogen-bond donors (Lipinski definition) is 1. The van der Waals surface area contributed by atoms with Crippen LogP contribution in [0.25, 0.3) is 0 Å². The van der Waals surface area contributed by atoms with E-state index in [0.717, 1.165) is 31.0 Å². The number of rotatable bonds is 11. The Morgan fingerprint density at radius 2 is 2.05 bits per heavy atom. The predicted octanol–water partition coefficient (Wildman–Crippen LogP) is 2.47. The van der Waals surface area contributed by atoms with Gasteiger partial charge in [-0.05, 0) is 46.3 Å². The van der Waals surface area contributed by atoms with Gasteiger partial charge in [0.05, 0.1) is 13.2 Å². The summed E-state index contributed by atoms with van der Waals surface area (Å²) in [6, 6.07) is 0.260. The van der Waals surface area contributed by atoms with Gasteiger partial charge in [-0.15, -0.1) is 0 Å². The third-order valence-electron chi connectivity index (χ3n) is 2.73. The van der Waals surface area contributed by atoms with Crippen molar-refractivity contribution in [1.82, 2.24) is 5.32 Å². The van der Waals surface area contributed by atoms with Crippen LogP contribution < -0.4 is 5.32 Å². The molecule has 5 heteroatoms. The molecule has 0 aromatic heterocycles. The van der Waals surface area contributed by atoms with Crippen molar-refractivity contribution in [3.63, 3.8) is 0 Å². The van der Waals surface area contributed by atoms with Gasteiger partial charge in [-0.1, -0.05) is 0 Å². The second-order valence-corrected chi connectivity index (χ2v) is 6.29. The zero-order chi connectivity index (χ0) is 14.7. The highest BCUT2D eigenvalue weighted by Crippen LogP contribution is 2.18. The second kappa shape index (κ2) is 10.5. The Balaban J connectivity index is 4.16. The highest BCUT2D eigenvalue weighted by Gasteiger charge is 2.34. The molecule has 0 amide bonds. The lowest BCUT2D eigenvalue weighted by atomic mass is 9.95. The first-order valence-electron chi connectivity index (χ1n) is 6.98. The largest absolute Gasteiger partial charge is 0.465 e. The molecule has 0 heterocycles. The van der Waals surface area contributed by atoms with Crippen LogP contribution in [0.3, 0.4) is 0 Å². The van der Waals surface area contributed by atoms with Gasteiger partial charge in [0, 0.05) is 18.9 Å². The summed E-state index contributed by atoms with van der Waals surface area (Å²) in [5, 5.41) is 3.33. The van der Waals surface area contributed by atoms with Gasteiger partial charge in [0.25, 0.3) is 0 Å². The molecule has 19 heavy (non-hydrogen) atoms. The summed E-state index contributed by atoms with van der Waals surface area (Å²) < 4.78 is 10.2. The number of carbonyl (C=O) groups is 1. The number of ether oxygens (including phenoxy) is 2. The molecule has 0 saturated heterocycles. The molecular weight excluding hydrogens is 262 g/mol. The van der Waals surface area contributed by atoms with Crippen molar-refractivity contribution in [3.05, 3.63) is 0 Å². The van der Waals surface area contributed by atoms with Crippen LogP contribution in [-0.4, -0.2) is 49.4 Å². The van der Waals surface area contributed by atoms with E-state index in [4.69, 9.17) is 9.47 Å². The number of nitrogens with one attached hydrogen (secondary N) is 1. The summed E-state index contributed by atoms with van der Waals surface area (Å²) in [4.78, 5) is 12.1. The molecule has 1 N–H and O–H groups in total. The van der Waals surface area contributed by atoms with Crippen LogP contribution in [0.4, 0.5) is 0 Å². The summed E-state index contributed by atoms with van der Waals surface area (Å²) in [6.07, 6.45) is 1.79. The Hall–Kier alpha value is -0.260. The first kappa shape index (κ1) is 18.7. The summed E-state index contributed by atoms with van der Waals surface area (Å²) in [6.45, 7) is 9.08. The van der Waals surface area contributed by atoms with E-state index in [9.17, 15) is 4.79 Å². The van der Waals surface area contributed by atoms with Crippen molar-refractivity contribution in [1.29, 1.82) is 0 Å². The maximum atomic E-state index is 12.1. The van der Waals surface area contributed by atoms with Gasteiger partial charge in [-0.3, -0.25) is 10.1 Å². The van der Waals surface area contributed by atoms with Gasteiger partial charge >= 0.3 is 5.97 Å². The molecule has 0 rings (SSSR count). The third kappa shape index (κ3) is 8.50. The zero-order valence-electron chi connectivity index (χ0n) is 13.0. The van der Waals surface area contributed by atoms with Gasteiger partial charge in [0.15, 0.2) is 0 Å². The molecule has 0 aliphatic carbocycles. The van der Waals surface area contributed by atoms with Crippen LogP contribution in [-0.2, 0) is 14.3 Å². The lowest BCUT2D eigenvalue weighted by Gasteiger charge is -2.30. The highest BCUT2D eigenvalue weighted by molar-refractivity contribution is 7.99. The van der Waals surface area contributed by atoms with Crippen LogP contribution in [0.5, 0.6) is 0 Å². The smallest absolute Gasteiger partial charge is 0.326 e. The van der Waals surface area contributed by atoms with Crippen molar-refractivity contribution in [3.8, 4) is 0 Å². The van der Waals surface area contributed by atoms with Crippen LogP contribution >= 0.6 is 11.8 Å². The first-order valence-corrected chi connectivity index (χ1v) is 8.13. The minimum absolute atomic E-state index is 0.148. The Morgan fingerprint density at radius 3 is 2.58 bits per heavy atom. The molecule has 0 aliphatic rings. The molecule has 1 unspecified atom stereocenters. The molecule has 0 aromatic carbocycles. The van der Waals surface area contributed by atoms with E-state index < -0.39 is 5.54 Å². The summed E-state index contributed by atoms with van der Waals surface area (Å²) in [5.74, 6) is 1.90. The van der Waals surface area contributed by atoms with Crippen LogP contribution in [0.15, 0.2) is 0 Å². The Morgan fingerprint density at radius 1 is 1.37 bits per heavy atom. The molecule has 0 spiro atoms. The van der Waals surface area contributed by atoms with Crippen LogP contribution in [0.1, 0.15) is 40.5 Å². The van der Waals surface area contributed by atoms with Crippen molar-refractivity contribution < 1.29 is 14.3 Å². The Kier molecular flexibility index (Phi) is 10.4. The van der Waals surface area contributed by atoms with E-state index in [2.05, 4.69) is 5.32 Å². The predicted molar refractivity (Wildman–Crippen MR) is 81.7 cm³/mol. The average Bonchev–Trinajstić information content (AvgIpc) is 2.33. The molecule has 0 bridgehead atoms. The summed E-state index contributed by atoms with van der Waals surface area (Å²) in [5.41, 5.74) is -0.577. The summed E-state index contributed by atoms with van der Waals surface area (Å²) in [7, 11) is 1.71. The minimum Gasteiger partial charge on any atom is -0.465 e. The van der Waals surface area contributed by atoms with E-state index in [0.29, 0.717) is 6.61 Å². The number of methoxy groups -OCH3 is 1. The van der Waals surface area contributed by atoms with Crippen molar-refractivity contribution in [2.75, 3.05) is 31.8 Å². The molecule has 0 radical (unpaired) electrons. The maximum Gasteiger partial charge on any atom is 0.326 e. The zero-order valence-corrected chi connectivity index (χ0v) is 13.8. The molecule has 0 saturated carbocycles. The molecule has 0 aliphatic heterocycles. The Bertz CT molecular complexity index is 249. The lowest BCUT2D eigenvalue weighted by Crippen LogP contribution is -2.53. The molecule has 4 nitrogen and oxygen atoms in total. The van der Waals surface area contributed by atoms with E-state index >= 15 is 0 Å². The van der Waals surface area contributed by atoms with Gasteiger partial charge in [-0.2, -0.15) is 11.8 Å². The molecule has 0 aromatic rings. The SMILES string of the molecule is CCOC(=O)C(C)(CCCSCCOC)NC(C)C. The highest BCUT2D eigenvalue weighted by atomic mass is 32.2. The monoisotopic (exact) mass is 291 g/mol. The quantitative estimate of drug-likeness (QED) is 0.468. The van der Waals surface area contributed by atoms with Gasteiger partial charge in [0.2, 0.25) is 0 Å². The Labute approximate surface area is 122 Å². The normalized spacial score (nSPS) is 14.4. The fourth-order valence-electron chi connectivity index (χ4n) is 1.93. The van der Waals surface area contributed by atoms with Crippen LogP contribution in [0, 0.1) is 0 Å². The van der Waals surface area contributed by atoms with E-state index in [1.807, 2.05) is 39.5 Å². The molecular formula is C14H29NO3S. The summed E-state index contributed by atoms with van der Waals surface area (Å²) >= 11 is 1.86. The minimum atomic E-state index is -0.577. The van der Waals surface area contributed by atoms with Crippen molar-refractivity contribution >= 4 is 17.7 Å². The van der Waals surface area contributed by atoms with E-state index in [1.54, 1.807) is 7.11 Å². The lowest BCUT2D eigenvalue weighted by molar-refractivity contribution is -0.151. The van der Waals surface area contributed by atoms with E-state index in [1.165, 1.54) is 0 Å². The molecule has 0 fully saturated rings. The first-order chi connectivity index (χ1) is 8.96. The van der Waals surface area contributed by atoms with Crippen molar-refractivity contribution in [2.45, 2.75) is 52.1 Å². The maximum absolute atomic E-state index is 12.1. The van der Waals surface area contributed by atoms with Crippen LogP contribution in [0.2, 0.25) is 0 Å². The number of esters is 1. The number of carbonyl (C=O) groups excluding carboxylic acids is 1. The number of hydrogen-bond acceptors (Lipinski definition) is 5. The van der Waals surface area contributed by atoms with Crippen molar-refractivity contribution in [2.24, 2.45) is 0 Å². The topological polar surface area (TPSA) is 47.6 Å². The third-order valence-corrected chi connectivity index (χ3v) is 3.76. The number of thioether (sulfide) groups is 1. The van der Waals surface area contributed by atoms with Gasteiger partial charge in [0.1, 0.15) is 5.54 Å². The average molecular weight is 291 g/mol. The second-order valence-electron chi connectivity index (χ2n) is 5.06. The fraction of sp³-hybridized carbons (Fsp3) is 0.929.